The fraction of sp³-hybridized carbons (Fsp3) is 0.611. The molecule has 0 aromatic carbocycles. The Morgan fingerprint density at radius 3 is 2.55 bits per heavy atom. The Labute approximate surface area is 122 Å². The van der Waals surface area contributed by atoms with E-state index in [4.69, 9.17) is 4.74 Å². The van der Waals surface area contributed by atoms with Crippen molar-refractivity contribution in [3.63, 3.8) is 0 Å². The summed E-state index contributed by atoms with van der Waals surface area (Å²) in [6.07, 6.45) is 4.56. The average Bonchev–Trinajstić information content (AvgIpc) is 2.38. The molecule has 2 unspecified atom stereocenters. The minimum absolute atomic E-state index is 0.0183. The molecule has 2 heteroatoms. The Hall–Kier alpha value is -1.15. The van der Waals surface area contributed by atoms with Gasteiger partial charge in [0.15, 0.2) is 5.78 Å². The summed E-state index contributed by atoms with van der Waals surface area (Å²) in [6, 6.07) is 0. The molecular weight excluding hydrogens is 248 g/mol. The zero-order chi connectivity index (χ0) is 15.1. The van der Waals surface area contributed by atoms with E-state index < -0.39 is 0 Å². The van der Waals surface area contributed by atoms with Crippen molar-refractivity contribution in [1.29, 1.82) is 0 Å². The number of ether oxygens (including phenoxy) is 1. The lowest BCUT2D eigenvalue weighted by Gasteiger charge is -2.44. The number of hydrogen-bond donors (Lipinski definition) is 0. The third-order valence-electron chi connectivity index (χ3n) is 5.34. The van der Waals surface area contributed by atoms with Crippen LogP contribution < -0.4 is 0 Å². The number of methoxy groups -OCH3 is 1. The first-order chi connectivity index (χ1) is 9.34. The number of carbonyl (C=O) groups excluding carboxylic acids is 1. The van der Waals surface area contributed by atoms with Crippen molar-refractivity contribution in [3.8, 4) is 0 Å². The largest absolute Gasteiger partial charge is 0.377 e. The summed E-state index contributed by atoms with van der Waals surface area (Å²) in [6.45, 7) is 12.5. The van der Waals surface area contributed by atoms with Gasteiger partial charge in [-0.25, -0.2) is 0 Å². The molecular formula is C18H26O2. The summed E-state index contributed by atoms with van der Waals surface area (Å²) in [5.74, 6) is 0.316. The highest BCUT2D eigenvalue weighted by Gasteiger charge is 2.44. The van der Waals surface area contributed by atoms with E-state index in [1.165, 1.54) is 11.1 Å². The van der Waals surface area contributed by atoms with E-state index in [1.54, 1.807) is 13.2 Å². The van der Waals surface area contributed by atoms with Crippen molar-refractivity contribution in [1.82, 2.24) is 0 Å². The maximum absolute atomic E-state index is 12.9. The van der Waals surface area contributed by atoms with E-state index >= 15 is 0 Å². The number of carbonyl (C=O) groups is 1. The zero-order valence-corrected chi connectivity index (χ0v) is 13.4. The van der Waals surface area contributed by atoms with E-state index in [0.717, 1.165) is 30.4 Å². The SMILES string of the molecule is C=C/C1=C(\C)C(OC)CC2=C(C)CCC(C1=O)C2(C)C. The smallest absolute Gasteiger partial charge is 0.166 e. The second-order valence-corrected chi connectivity index (χ2v) is 6.67. The van der Waals surface area contributed by atoms with Gasteiger partial charge in [0.25, 0.3) is 0 Å². The van der Waals surface area contributed by atoms with Gasteiger partial charge < -0.3 is 4.74 Å². The van der Waals surface area contributed by atoms with Crippen LogP contribution in [0.2, 0.25) is 0 Å². The van der Waals surface area contributed by atoms with Gasteiger partial charge in [-0.05, 0) is 44.1 Å². The monoisotopic (exact) mass is 274 g/mol. The van der Waals surface area contributed by atoms with Gasteiger partial charge in [0.05, 0.1) is 6.10 Å². The second kappa shape index (κ2) is 5.33. The number of allylic oxidation sites excluding steroid dienone is 3. The van der Waals surface area contributed by atoms with Crippen molar-refractivity contribution in [2.75, 3.05) is 7.11 Å². The first kappa shape index (κ1) is 15.2. The normalized spacial score (nSPS) is 33.8. The molecule has 0 saturated heterocycles. The average molecular weight is 274 g/mol. The van der Waals surface area contributed by atoms with Crippen molar-refractivity contribution in [2.45, 2.75) is 53.1 Å². The number of Topliss-reactive ketones (excluding diaryl/α,β-unsaturated/α-hetero) is 1. The van der Waals surface area contributed by atoms with Crippen LogP contribution in [0.15, 0.2) is 34.9 Å². The molecule has 0 amide bonds. The third-order valence-corrected chi connectivity index (χ3v) is 5.34. The summed E-state index contributed by atoms with van der Waals surface area (Å²) < 4.78 is 5.66. The number of rotatable bonds is 2. The summed E-state index contributed by atoms with van der Waals surface area (Å²) in [5.41, 5.74) is 4.58. The second-order valence-electron chi connectivity index (χ2n) is 6.67. The molecule has 0 N–H and O–H groups in total. The van der Waals surface area contributed by atoms with Gasteiger partial charge in [-0.15, -0.1) is 0 Å². The molecule has 0 radical (unpaired) electrons. The number of hydrogen-bond acceptors (Lipinski definition) is 2. The molecule has 0 aromatic heterocycles. The molecule has 2 nitrogen and oxygen atoms in total. The molecule has 2 bridgehead atoms. The Bertz CT molecular complexity index is 506. The quantitative estimate of drug-likeness (QED) is 0.704. The third kappa shape index (κ3) is 2.20. The predicted octanol–water partition coefficient (Wildman–Crippen LogP) is 4.23. The summed E-state index contributed by atoms with van der Waals surface area (Å²) in [7, 11) is 1.73. The first-order valence-corrected chi connectivity index (χ1v) is 7.43. The molecule has 2 atom stereocenters. The highest BCUT2D eigenvalue weighted by Crippen LogP contribution is 2.49. The molecule has 20 heavy (non-hydrogen) atoms. The van der Waals surface area contributed by atoms with Gasteiger partial charge in [0.2, 0.25) is 0 Å². The van der Waals surface area contributed by atoms with Crippen LogP contribution >= 0.6 is 0 Å². The van der Waals surface area contributed by atoms with Gasteiger partial charge in [-0.1, -0.05) is 37.6 Å². The first-order valence-electron chi connectivity index (χ1n) is 7.43. The molecule has 0 aliphatic heterocycles. The Balaban J connectivity index is 2.65. The predicted molar refractivity (Wildman–Crippen MR) is 82.5 cm³/mol. The van der Waals surface area contributed by atoms with E-state index in [0.29, 0.717) is 0 Å². The highest BCUT2D eigenvalue weighted by atomic mass is 16.5. The van der Waals surface area contributed by atoms with E-state index in [2.05, 4.69) is 27.4 Å². The maximum atomic E-state index is 12.9. The number of ketones is 1. The lowest BCUT2D eigenvalue weighted by Crippen LogP contribution is -2.40. The van der Waals surface area contributed by atoms with Crippen LogP contribution in [0.4, 0.5) is 0 Å². The fourth-order valence-electron chi connectivity index (χ4n) is 3.94. The standard InChI is InChI=1S/C18H26O2/c1-7-13-12(3)16(20-6)10-15-11(2)8-9-14(17(13)19)18(15,4)5/h7,14,16H,1,8-10H2,2-6H3/b13-12-. The van der Waals surface area contributed by atoms with E-state index in [9.17, 15) is 4.79 Å². The lowest BCUT2D eigenvalue weighted by atomic mass is 9.60. The maximum Gasteiger partial charge on any atom is 0.166 e. The van der Waals surface area contributed by atoms with Crippen LogP contribution in [0.1, 0.15) is 47.0 Å². The van der Waals surface area contributed by atoms with Crippen molar-refractivity contribution in [2.24, 2.45) is 11.3 Å². The fourth-order valence-corrected chi connectivity index (χ4v) is 3.94. The summed E-state index contributed by atoms with van der Waals surface area (Å²) in [4.78, 5) is 12.9. The minimum Gasteiger partial charge on any atom is -0.377 e. The summed E-state index contributed by atoms with van der Waals surface area (Å²) >= 11 is 0. The molecule has 2 rings (SSSR count). The molecule has 0 heterocycles. The topological polar surface area (TPSA) is 26.3 Å². The minimum atomic E-state index is -0.0782. The molecule has 0 aromatic rings. The Morgan fingerprint density at radius 1 is 1.35 bits per heavy atom. The molecule has 2 aliphatic carbocycles. The van der Waals surface area contributed by atoms with Gasteiger partial charge in [-0.2, -0.15) is 0 Å². The molecule has 0 spiro atoms. The van der Waals surface area contributed by atoms with Gasteiger partial charge in [0, 0.05) is 18.6 Å². The van der Waals surface area contributed by atoms with Gasteiger partial charge in [-0.3, -0.25) is 4.79 Å². The highest BCUT2D eigenvalue weighted by molar-refractivity contribution is 6.01. The van der Waals surface area contributed by atoms with Crippen LogP contribution in [0, 0.1) is 11.3 Å². The van der Waals surface area contributed by atoms with Crippen molar-refractivity contribution in [3.05, 3.63) is 34.9 Å². The van der Waals surface area contributed by atoms with Gasteiger partial charge in [0.1, 0.15) is 0 Å². The van der Waals surface area contributed by atoms with E-state index in [-0.39, 0.29) is 23.2 Å². The van der Waals surface area contributed by atoms with Crippen molar-refractivity contribution < 1.29 is 9.53 Å². The Morgan fingerprint density at radius 2 is 2.00 bits per heavy atom. The van der Waals surface area contributed by atoms with E-state index in [1.807, 2.05) is 6.92 Å². The lowest BCUT2D eigenvalue weighted by molar-refractivity contribution is -0.122. The zero-order valence-electron chi connectivity index (χ0n) is 13.4. The van der Waals surface area contributed by atoms with Crippen LogP contribution in [-0.2, 0) is 9.53 Å². The summed E-state index contributed by atoms with van der Waals surface area (Å²) in [5, 5.41) is 0. The Kier molecular flexibility index (Phi) is 4.06. The molecule has 0 saturated carbocycles. The van der Waals surface area contributed by atoms with Gasteiger partial charge >= 0.3 is 0 Å². The molecule has 2 aliphatic rings. The molecule has 0 fully saturated rings. The van der Waals surface area contributed by atoms with Crippen LogP contribution in [0.3, 0.4) is 0 Å². The van der Waals surface area contributed by atoms with Crippen LogP contribution in [0.5, 0.6) is 0 Å². The van der Waals surface area contributed by atoms with Crippen molar-refractivity contribution >= 4 is 5.78 Å². The van der Waals surface area contributed by atoms with Crippen LogP contribution in [-0.4, -0.2) is 19.0 Å². The van der Waals surface area contributed by atoms with Crippen LogP contribution in [0.25, 0.3) is 0 Å². The molecule has 110 valence electrons. The number of fused-ring (bicyclic) bond motifs is 2.